The lowest BCUT2D eigenvalue weighted by Crippen LogP contribution is -2.16. The van der Waals surface area contributed by atoms with Crippen molar-refractivity contribution in [3.63, 3.8) is 0 Å². The van der Waals surface area contributed by atoms with Crippen molar-refractivity contribution in [3.05, 3.63) is 41.6 Å². The van der Waals surface area contributed by atoms with Gasteiger partial charge in [-0.1, -0.05) is 17.7 Å². The van der Waals surface area contributed by atoms with Gasteiger partial charge >= 0.3 is 0 Å². The fourth-order valence-electron chi connectivity index (χ4n) is 2.39. The van der Waals surface area contributed by atoms with Crippen LogP contribution in [0.4, 0.5) is 0 Å². The molecule has 0 bridgehead atoms. The Morgan fingerprint density at radius 3 is 3.11 bits per heavy atom. The van der Waals surface area contributed by atoms with Gasteiger partial charge in [0.1, 0.15) is 6.10 Å². The molecule has 1 saturated heterocycles. The quantitative estimate of drug-likeness (QED) is 0.834. The zero-order valence-electron chi connectivity index (χ0n) is 10.6. The van der Waals surface area contributed by atoms with Crippen LogP contribution in [0.25, 0.3) is 10.9 Å². The van der Waals surface area contributed by atoms with Crippen LogP contribution in [0, 0.1) is 6.92 Å². The van der Waals surface area contributed by atoms with Crippen LogP contribution in [0.15, 0.2) is 30.3 Å². The first kappa shape index (κ1) is 11.6. The number of ether oxygens (including phenoxy) is 1. The molecule has 0 aliphatic carbocycles. The average molecular weight is 242 g/mol. The second kappa shape index (κ2) is 5.04. The number of nitrogens with zero attached hydrogens (tertiary/aromatic N) is 1. The Balaban J connectivity index is 1.94. The van der Waals surface area contributed by atoms with E-state index in [0.717, 1.165) is 37.3 Å². The minimum absolute atomic E-state index is 0.130. The predicted octanol–water partition coefficient (Wildman–Crippen LogP) is 2.59. The highest BCUT2D eigenvalue weighted by molar-refractivity contribution is 5.79. The minimum Gasteiger partial charge on any atom is -0.371 e. The molecule has 0 amide bonds. The van der Waals surface area contributed by atoms with E-state index in [4.69, 9.17) is 9.72 Å². The Bertz CT molecular complexity index is 545. The number of fused-ring (bicyclic) bond motifs is 1. The number of rotatable bonds is 1. The van der Waals surface area contributed by atoms with Crippen LogP contribution < -0.4 is 5.32 Å². The van der Waals surface area contributed by atoms with Gasteiger partial charge in [-0.2, -0.15) is 0 Å². The van der Waals surface area contributed by atoms with E-state index < -0.39 is 0 Å². The third-order valence-electron chi connectivity index (χ3n) is 3.38. The van der Waals surface area contributed by atoms with E-state index in [1.54, 1.807) is 0 Å². The van der Waals surface area contributed by atoms with Crippen LogP contribution in [0.3, 0.4) is 0 Å². The average Bonchev–Trinajstić information content (AvgIpc) is 2.67. The molecule has 1 N–H and O–H groups in total. The largest absolute Gasteiger partial charge is 0.371 e. The molecule has 1 atom stereocenters. The van der Waals surface area contributed by atoms with Gasteiger partial charge in [0.15, 0.2) is 0 Å². The summed E-state index contributed by atoms with van der Waals surface area (Å²) in [5.74, 6) is 0. The van der Waals surface area contributed by atoms with Crippen LogP contribution in [-0.2, 0) is 4.74 Å². The van der Waals surface area contributed by atoms with E-state index in [1.807, 2.05) is 0 Å². The van der Waals surface area contributed by atoms with E-state index in [1.165, 1.54) is 10.9 Å². The van der Waals surface area contributed by atoms with Gasteiger partial charge < -0.3 is 10.1 Å². The molecule has 1 aliphatic rings. The van der Waals surface area contributed by atoms with Crippen molar-refractivity contribution in [2.24, 2.45) is 0 Å². The molecule has 94 valence electrons. The van der Waals surface area contributed by atoms with E-state index in [-0.39, 0.29) is 6.10 Å². The first-order valence-corrected chi connectivity index (χ1v) is 6.52. The Labute approximate surface area is 107 Å². The molecule has 1 aromatic carbocycles. The van der Waals surface area contributed by atoms with Crippen LogP contribution >= 0.6 is 0 Å². The molecular weight excluding hydrogens is 224 g/mol. The molecule has 1 aliphatic heterocycles. The van der Waals surface area contributed by atoms with E-state index in [2.05, 4.69) is 42.6 Å². The first-order chi connectivity index (χ1) is 8.83. The van der Waals surface area contributed by atoms with Crippen molar-refractivity contribution >= 4 is 10.9 Å². The van der Waals surface area contributed by atoms with Gasteiger partial charge in [-0.05, 0) is 38.1 Å². The standard InChI is InChI=1S/C15H18N2O/c1-11-2-4-13-12(10-11)3-5-14(17-13)15-6-7-16-8-9-18-15/h2-5,10,15-16H,6-9H2,1H3. The Morgan fingerprint density at radius 1 is 1.22 bits per heavy atom. The van der Waals surface area contributed by atoms with Crippen molar-refractivity contribution in [1.82, 2.24) is 10.3 Å². The van der Waals surface area contributed by atoms with Crippen molar-refractivity contribution in [2.45, 2.75) is 19.4 Å². The lowest BCUT2D eigenvalue weighted by Gasteiger charge is -2.14. The number of hydrogen-bond acceptors (Lipinski definition) is 3. The maximum Gasteiger partial charge on any atom is 0.101 e. The zero-order valence-corrected chi connectivity index (χ0v) is 10.6. The third-order valence-corrected chi connectivity index (χ3v) is 3.38. The molecule has 1 fully saturated rings. The summed E-state index contributed by atoms with van der Waals surface area (Å²) in [5, 5.41) is 4.54. The predicted molar refractivity (Wildman–Crippen MR) is 72.7 cm³/mol. The molecule has 0 spiro atoms. The molecule has 3 rings (SSSR count). The van der Waals surface area contributed by atoms with Crippen LogP contribution in [0.1, 0.15) is 23.8 Å². The Morgan fingerprint density at radius 2 is 2.17 bits per heavy atom. The third kappa shape index (κ3) is 2.37. The molecular formula is C15H18N2O. The highest BCUT2D eigenvalue weighted by Gasteiger charge is 2.16. The van der Waals surface area contributed by atoms with Crippen molar-refractivity contribution in [2.75, 3.05) is 19.7 Å². The Hall–Kier alpha value is -1.45. The van der Waals surface area contributed by atoms with Crippen molar-refractivity contribution < 1.29 is 4.74 Å². The van der Waals surface area contributed by atoms with Crippen molar-refractivity contribution in [3.8, 4) is 0 Å². The summed E-state index contributed by atoms with van der Waals surface area (Å²) in [6.07, 6.45) is 1.12. The summed E-state index contributed by atoms with van der Waals surface area (Å²) < 4.78 is 5.84. The van der Waals surface area contributed by atoms with Gasteiger partial charge in [0, 0.05) is 11.9 Å². The second-order valence-corrected chi connectivity index (χ2v) is 4.83. The molecule has 1 aromatic heterocycles. The van der Waals surface area contributed by atoms with Crippen molar-refractivity contribution in [1.29, 1.82) is 0 Å². The number of pyridine rings is 1. The monoisotopic (exact) mass is 242 g/mol. The SMILES string of the molecule is Cc1ccc2nc(C3CCNCCO3)ccc2c1. The fourth-order valence-corrected chi connectivity index (χ4v) is 2.39. The maximum atomic E-state index is 5.84. The first-order valence-electron chi connectivity index (χ1n) is 6.52. The van der Waals surface area contributed by atoms with Gasteiger partial charge in [0.2, 0.25) is 0 Å². The molecule has 3 heteroatoms. The Kier molecular flexibility index (Phi) is 3.26. The summed E-state index contributed by atoms with van der Waals surface area (Å²) in [4.78, 5) is 4.73. The van der Waals surface area contributed by atoms with E-state index in [0.29, 0.717) is 0 Å². The number of benzene rings is 1. The summed E-state index contributed by atoms with van der Waals surface area (Å²) in [7, 11) is 0. The normalized spacial score (nSPS) is 20.8. The van der Waals surface area contributed by atoms with E-state index in [9.17, 15) is 0 Å². The fraction of sp³-hybridized carbons (Fsp3) is 0.400. The lowest BCUT2D eigenvalue weighted by molar-refractivity contribution is 0.0616. The summed E-state index contributed by atoms with van der Waals surface area (Å²) in [6, 6.07) is 10.6. The van der Waals surface area contributed by atoms with Gasteiger partial charge in [0.05, 0.1) is 17.8 Å². The van der Waals surface area contributed by atoms with Gasteiger partial charge in [-0.25, -0.2) is 0 Å². The van der Waals surface area contributed by atoms with Crippen LogP contribution in [-0.4, -0.2) is 24.7 Å². The summed E-state index contributed by atoms with van der Waals surface area (Å²) in [5.41, 5.74) is 3.38. The smallest absolute Gasteiger partial charge is 0.101 e. The van der Waals surface area contributed by atoms with E-state index >= 15 is 0 Å². The van der Waals surface area contributed by atoms with Gasteiger partial charge in [-0.15, -0.1) is 0 Å². The minimum atomic E-state index is 0.130. The molecule has 3 nitrogen and oxygen atoms in total. The number of hydrogen-bond donors (Lipinski definition) is 1. The lowest BCUT2D eigenvalue weighted by atomic mass is 10.1. The number of nitrogens with one attached hydrogen (secondary N) is 1. The molecule has 0 radical (unpaired) electrons. The van der Waals surface area contributed by atoms with Crippen LogP contribution in [0.2, 0.25) is 0 Å². The van der Waals surface area contributed by atoms with Crippen LogP contribution in [0.5, 0.6) is 0 Å². The second-order valence-electron chi connectivity index (χ2n) is 4.83. The highest BCUT2D eigenvalue weighted by Crippen LogP contribution is 2.23. The summed E-state index contributed by atoms with van der Waals surface area (Å²) >= 11 is 0. The van der Waals surface area contributed by atoms with Gasteiger partial charge in [0.25, 0.3) is 0 Å². The molecule has 2 aromatic rings. The maximum absolute atomic E-state index is 5.84. The number of aryl methyl sites for hydroxylation is 1. The number of aromatic nitrogens is 1. The van der Waals surface area contributed by atoms with Gasteiger partial charge in [-0.3, -0.25) is 4.98 Å². The molecule has 0 saturated carbocycles. The molecule has 2 heterocycles. The topological polar surface area (TPSA) is 34.2 Å². The summed E-state index contributed by atoms with van der Waals surface area (Å²) in [6.45, 7) is 4.80. The molecule has 18 heavy (non-hydrogen) atoms. The zero-order chi connectivity index (χ0) is 12.4. The molecule has 1 unspecified atom stereocenters. The highest BCUT2D eigenvalue weighted by atomic mass is 16.5.